The van der Waals surface area contributed by atoms with E-state index in [1.54, 1.807) is 6.20 Å². The van der Waals surface area contributed by atoms with Gasteiger partial charge in [0.2, 0.25) is 0 Å². The smallest absolute Gasteiger partial charge is 0.164 e. The molecule has 0 aromatic carbocycles. The van der Waals surface area contributed by atoms with Crippen LogP contribution in [0, 0.1) is 0 Å². The summed E-state index contributed by atoms with van der Waals surface area (Å²) in [5.41, 5.74) is 2.40. The molecule has 1 N–H and O–H groups in total. The molecule has 2 atom stereocenters. The highest BCUT2D eigenvalue weighted by Gasteiger charge is 2.26. The number of ether oxygens (including phenoxy) is 1. The van der Waals surface area contributed by atoms with E-state index in [2.05, 4.69) is 17.2 Å². The largest absolute Gasteiger partial charge is 0.376 e. The molecule has 26 heavy (non-hydrogen) atoms. The molecule has 1 aliphatic heterocycles. The van der Waals surface area contributed by atoms with Gasteiger partial charge >= 0.3 is 0 Å². The number of nitrogens with one attached hydrogen (secondary N) is 1. The van der Waals surface area contributed by atoms with E-state index >= 15 is 0 Å². The van der Waals surface area contributed by atoms with E-state index in [9.17, 15) is 0 Å². The maximum absolute atomic E-state index is 5.87. The predicted molar refractivity (Wildman–Crippen MR) is 105 cm³/mol. The molecule has 1 aliphatic carbocycles. The zero-order valence-electron chi connectivity index (χ0n) is 14.9. The topological polar surface area (TPSA) is 59.9 Å². The summed E-state index contributed by atoms with van der Waals surface area (Å²) in [6.45, 7) is 3.06. The molecule has 2 aliphatic rings. The number of rotatable bonds is 4. The van der Waals surface area contributed by atoms with Gasteiger partial charge in [-0.3, -0.25) is 4.98 Å². The van der Waals surface area contributed by atoms with Crippen LogP contribution in [0.2, 0.25) is 0 Å². The van der Waals surface area contributed by atoms with Crippen LogP contribution in [0.3, 0.4) is 0 Å². The summed E-state index contributed by atoms with van der Waals surface area (Å²) in [6.07, 6.45) is 9.66. The normalized spacial score (nSPS) is 20.4. The van der Waals surface area contributed by atoms with Crippen LogP contribution in [0.15, 0.2) is 24.5 Å². The molecular formula is C20H22N4OS. The average molecular weight is 366 g/mol. The average Bonchev–Trinajstić information content (AvgIpc) is 3.39. The minimum absolute atomic E-state index is 0.231. The highest BCUT2D eigenvalue weighted by Crippen LogP contribution is 2.40. The molecule has 5 rings (SSSR count). The summed E-state index contributed by atoms with van der Waals surface area (Å²) in [6, 6.07) is 4.18. The first-order valence-corrected chi connectivity index (χ1v) is 10.2. The van der Waals surface area contributed by atoms with Crippen molar-refractivity contribution in [3.05, 3.63) is 35.0 Å². The Morgan fingerprint density at radius 2 is 2.23 bits per heavy atom. The van der Waals surface area contributed by atoms with Gasteiger partial charge in [0.05, 0.1) is 17.5 Å². The van der Waals surface area contributed by atoms with E-state index < -0.39 is 0 Å². The second-order valence-electron chi connectivity index (χ2n) is 7.16. The maximum Gasteiger partial charge on any atom is 0.164 e. The first kappa shape index (κ1) is 16.1. The van der Waals surface area contributed by atoms with E-state index in [0.717, 1.165) is 47.9 Å². The third-order valence-electron chi connectivity index (χ3n) is 5.37. The number of thiophene rings is 1. The van der Waals surface area contributed by atoms with Crippen LogP contribution < -0.4 is 5.32 Å². The number of hydrogen-bond acceptors (Lipinski definition) is 6. The summed E-state index contributed by atoms with van der Waals surface area (Å²) in [5, 5.41) is 4.89. The molecular weight excluding hydrogens is 344 g/mol. The molecule has 4 heterocycles. The second-order valence-corrected chi connectivity index (χ2v) is 8.24. The Labute approximate surface area is 156 Å². The Balaban J connectivity index is 1.61. The highest BCUT2D eigenvalue weighted by molar-refractivity contribution is 7.19. The van der Waals surface area contributed by atoms with Crippen molar-refractivity contribution < 1.29 is 4.74 Å². The fourth-order valence-corrected chi connectivity index (χ4v) is 5.29. The minimum atomic E-state index is 0.231. The van der Waals surface area contributed by atoms with Crippen LogP contribution in [0.25, 0.3) is 21.6 Å². The molecule has 0 radical (unpaired) electrons. The number of aryl methyl sites for hydroxylation is 2. The summed E-state index contributed by atoms with van der Waals surface area (Å²) in [4.78, 5) is 16.6. The van der Waals surface area contributed by atoms with Gasteiger partial charge in [-0.15, -0.1) is 11.3 Å². The predicted octanol–water partition coefficient (Wildman–Crippen LogP) is 4.22. The third-order valence-corrected chi connectivity index (χ3v) is 6.56. The molecule has 3 aromatic rings. The summed E-state index contributed by atoms with van der Waals surface area (Å²) in [5.74, 6) is 1.70. The summed E-state index contributed by atoms with van der Waals surface area (Å²) < 4.78 is 5.87. The van der Waals surface area contributed by atoms with Crippen LogP contribution >= 0.6 is 11.3 Å². The van der Waals surface area contributed by atoms with Crippen molar-refractivity contribution in [2.24, 2.45) is 0 Å². The van der Waals surface area contributed by atoms with E-state index in [1.807, 2.05) is 29.7 Å². The number of fused-ring (bicyclic) bond motifs is 3. The van der Waals surface area contributed by atoms with Crippen LogP contribution in [-0.2, 0) is 17.6 Å². The lowest BCUT2D eigenvalue weighted by atomic mass is 10.1. The lowest BCUT2D eigenvalue weighted by molar-refractivity contribution is 0.0996. The van der Waals surface area contributed by atoms with Crippen molar-refractivity contribution in [3.8, 4) is 11.4 Å². The van der Waals surface area contributed by atoms with Crippen molar-refractivity contribution in [2.75, 3.05) is 11.9 Å². The molecule has 0 amide bonds. The van der Waals surface area contributed by atoms with E-state index in [1.165, 1.54) is 28.7 Å². The zero-order chi connectivity index (χ0) is 17.5. The van der Waals surface area contributed by atoms with Gasteiger partial charge in [0.1, 0.15) is 10.6 Å². The van der Waals surface area contributed by atoms with E-state index in [-0.39, 0.29) is 12.1 Å². The van der Waals surface area contributed by atoms with Gasteiger partial charge in [-0.2, -0.15) is 0 Å². The van der Waals surface area contributed by atoms with Gasteiger partial charge in [-0.05, 0) is 56.7 Å². The lowest BCUT2D eigenvalue weighted by Gasteiger charge is -2.21. The maximum atomic E-state index is 5.87. The first-order chi connectivity index (χ1) is 12.8. The van der Waals surface area contributed by atoms with Gasteiger partial charge in [-0.25, -0.2) is 9.97 Å². The van der Waals surface area contributed by atoms with Crippen molar-refractivity contribution >= 4 is 27.4 Å². The summed E-state index contributed by atoms with van der Waals surface area (Å²) in [7, 11) is 0. The van der Waals surface area contributed by atoms with Crippen molar-refractivity contribution in [3.63, 3.8) is 0 Å². The van der Waals surface area contributed by atoms with Gasteiger partial charge in [0.15, 0.2) is 5.82 Å². The van der Waals surface area contributed by atoms with Crippen molar-refractivity contribution in [1.29, 1.82) is 0 Å². The quantitative estimate of drug-likeness (QED) is 0.749. The fourth-order valence-electron chi connectivity index (χ4n) is 4.03. The number of nitrogens with zero attached hydrogens (tertiary/aromatic N) is 3. The van der Waals surface area contributed by atoms with Crippen LogP contribution in [0.5, 0.6) is 0 Å². The van der Waals surface area contributed by atoms with Gasteiger partial charge in [0, 0.05) is 29.4 Å². The van der Waals surface area contributed by atoms with Gasteiger partial charge in [-0.1, -0.05) is 0 Å². The molecule has 0 saturated carbocycles. The Hall–Kier alpha value is -2.05. The SMILES string of the molecule is CC(Nc1nc(-c2cccnc2)nc2sc3c(c12)CCC3)C1CCCO1. The second kappa shape index (κ2) is 6.59. The standard InChI is InChI=1S/C20H22N4OS/c1-12(15-7-4-10-25-15)22-19-17-14-6-2-8-16(14)26-20(17)24-18(23-19)13-5-3-9-21-11-13/h3,5,9,11-12,15H,2,4,6-8,10H2,1H3,(H,22,23,24). The van der Waals surface area contributed by atoms with Crippen LogP contribution in [0.4, 0.5) is 5.82 Å². The van der Waals surface area contributed by atoms with Gasteiger partial charge in [0.25, 0.3) is 0 Å². The first-order valence-electron chi connectivity index (χ1n) is 9.40. The molecule has 2 unspecified atom stereocenters. The summed E-state index contributed by atoms with van der Waals surface area (Å²) >= 11 is 1.83. The highest BCUT2D eigenvalue weighted by atomic mass is 32.1. The van der Waals surface area contributed by atoms with Crippen LogP contribution in [-0.4, -0.2) is 33.7 Å². The molecule has 0 spiro atoms. The monoisotopic (exact) mass is 366 g/mol. The van der Waals surface area contributed by atoms with Crippen molar-refractivity contribution in [1.82, 2.24) is 15.0 Å². The Bertz CT molecular complexity index is 934. The number of hydrogen-bond donors (Lipinski definition) is 1. The molecule has 0 bridgehead atoms. The van der Waals surface area contributed by atoms with E-state index in [0.29, 0.717) is 0 Å². The molecule has 3 aromatic heterocycles. The number of aromatic nitrogens is 3. The molecule has 6 heteroatoms. The Kier molecular flexibility index (Phi) is 4.10. The molecule has 1 fully saturated rings. The number of pyridine rings is 1. The third kappa shape index (κ3) is 2.77. The number of anilines is 1. The minimum Gasteiger partial charge on any atom is -0.376 e. The molecule has 134 valence electrons. The van der Waals surface area contributed by atoms with Gasteiger partial charge < -0.3 is 10.1 Å². The van der Waals surface area contributed by atoms with Crippen molar-refractivity contribution in [2.45, 2.75) is 51.2 Å². The molecule has 5 nitrogen and oxygen atoms in total. The Morgan fingerprint density at radius 3 is 3.04 bits per heavy atom. The van der Waals surface area contributed by atoms with E-state index in [4.69, 9.17) is 14.7 Å². The fraction of sp³-hybridized carbons (Fsp3) is 0.450. The molecule has 1 saturated heterocycles. The lowest BCUT2D eigenvalue weighted by Crippen LogP contribution is -2.30. The van der Waals surface area contributed by atoms with Crippen LogP contribution in [0.1, 0.15) is 36.6 Å². The Morgan fingerprint density at radius 1 is 1.27 bits per heavy atom. The zero-order valence-corrected chi connectivity index (χ0v) is 15.7.